The van der Waals surface area contributed by atoms with E-state index in [2.05, 4.69) is 6.58 Å². The lowest BCUT2D eigenvalue weighted by atomic mass is 9.77. The number of thiophene rings is 1. The molecule has 1 fully saturated rings. The minimum absolute atomic E-state index is 0.0515. The van der Waals surface area contributed by atoms with Crippen LogP contribution in [0.5, 0.6) is 0 Å². The third-order valence-corrected chi connectivity index (χ3v) is 4.86. The summed E-state index contributed by atoms with van der Waals surface area (Å²) in [6.07, 6.45) is 4.58. The summed E-state index contributed by atoms with van der Waals surface area (Å²) in [7, 11) is 0. The number of aliphatic carboxylic acids is 1. The summed E-state index contributed by atoms with van der Waals surface area (Å²) < 4.78 is 0. The summed E-state index contributed by atoms with van der Waals surface area (Å²) in [6, 6.07) is 2.02. The molecule has 0 bridgehead atoms. The van der Waals surface area contributed by atoms with Crippen molar-refractivity contribution >= 4 is 23.2 Å². The number of amides is 1. The molecule has 2 heterocycles. The van der Waals surface area contributed by atoms with Crippen LogP contribution in [-0.4, -0.2) is 35.0 Å². The number of piperidine rings is 1. The molecule has 1 aromatic heterocycles. The van der Waals surface area contributed by atoms with Gasteiger partial charge >= 0.3 is 5.97 Å². The number of hydrogen-bond donors (Lipinski definition) is 1. The van der Waals surface area contributed by atoms with Gasteiger partial charge in [0.25, 0.3) is 0 Å². The number of carboxylic acids is 1. The Kier molecular flexibility index (Phi) is 5.17. The first-order valence-electron chi connectivity index (χ1n) is 7.20. The van der Waals surface area contributed by atoms with Crippen molar-refractivity contribution < 1.29 is 14.7 Å². The van der Waals surface area contributed by atoms with Crippen molar-refractivity contribution in [1.82, 2.24) is 4.90 Å². The van der Waals surface area contributed by atoms with E-state index < -0.39 is 11.4 Å². The first-order chi connectivity index (χ1) is 10.1. The molecule has 0 radical (unpaired) electrons. The maximum Gasteiger partial charge on any atom is 0.311 e. The molecule has 21 heavy (non-hydrogen) atoms. The number of aryl methyl sites for hydroxylation is 1. The van der Waals surface area contributed by atoms with Crippen LogP contribution in [0.15, 0.2) is 29.5 Å². The SMILES string of the molecule is C=CC[C@]1(C(=O)O)CCCN(C(=O)CCc2ccsc2)C1. The molecule has 0 spiro atoms. The first-order valence-corrected chi connectivity index (χ1v) is 8.15. The number of rotatable bonds is 6. The minimum atomic E-state index is -0.849. The molecule has 5 heteroatoms. The summed E-state index contributed by atoms with van der Waals surface area (Å²) in [4.78, 5) is 25.6. The standard InChI is InChI=1S/C16H21NO3S/c1-2-7-16(15(19)20)8-3-9-17(12-16)14(18)5-4-13-6-10-21-11-13/h2,6,10-11H,1,3-5,7-9,12H2,(H,19,20)/t16-/m0/s1. The largest absolute Gasteiger partial charge is 0.481 e. The Hall–Kier alpha value is -1.62. The van der Waals surface area contributed by atoms with Gasteiger partial charge in [-0.1, -0.05) is 6.08 Å². The molecule has 2 rings (SSSR count). The molecular weight excluding hydrogens is 286 g/mol. The molecule has 1 aromatic rings. The van der Waals surface area contributed by atoms with E-state index in [0.29, 0.717) is 32.4 Å². The Bertz CT molecular complexity index is 512. The van der Waals surface area contributed by atoms with Crippen LogP contribution in [0.4, 0.5) is 0 Å². The molecule has 1 N–H and O–H groups in total. The molecule has 0 aliphatic carbocycles. The zero-order valence-electron chi connectivity index (χ0n) is 12.1. The molecule has 1 amide bonds. The van der Waals surface area contributed by atoms with Crippen LogP contribution in [0.3, 0.4) is 0 Å². The lowest BCUT2D eigenvalue weighted by Gasteiger charge is -2.39. The van der Waals surface area contributed by atoms with Crippen LogP contribution in [0.25, 0.3) is 0 Å². The zero-order chi connectivity index (χ0) is 15.3. The fourth-order valence-corrected chi connectivity index (χ4v) is 3.60. The van der Waals surface area contributed by atoms with Gasteiger partial charge in [0.2, 0.25) is 5.91 Å². The maximum atomic E-state index is 12.3. The smallest absolute Gasteiger partial charge is 0.311 e. The molecule has 1 saturated heterocycles. The van der Waals surface area contributed by atoms with Crippen LogP contribution in [-0.2, 0) is 16.0 Å². The van der Waals surface area contributed by atoms with Crippen LogP contribution >= 0.6 is 11.3 Å². The summed E-state index contributed by atoms with van der Waals surface area (Å²) >= 11 is 1.62. The van der Waals surface area contributed by atoms with Crippen LogP contribution in [0.1, 0.15) is 31.2 Å². The van der Waals surface area contributed by atoms with E-state index >= 15 is 0 Å². The van der Waals surface area contributed by atoms with Gasteiger partial charge in [0.05, 0.1) is 5.41 Å². The third-order valence-electron chi connectivity index (χ3n) is 4.13. The van der Waals surface area contributed by atoms with Crippen molar-refractivity contribution in [2.45, 2.75) is 32.1 Å². The lowest BCUT2D eigenvalue weighted by molar-refractivity contribution is -0.154. The van der Waals surface area contributed by atoms with E-state index in [4.69, 9.17) is 0 Å². The van der Waals surface area contributed by atoms with Gasteiger partial charge in [-0.3, -0.25) is 9.59 Å². The number of carbonyl (C=O) groups excluding carboxylic acids is 1. The number of likely N-dealkylation sites (tertiary alicyclic amines) is 1. The van der Waals surface area contributed by atoms with E-state index in [-0.39, 0.29) is 5.91 Å². The van der Waals surface area contributed by atoms with Gasteiger partial charge in [0, 0.05) is 19.5 Å². The number of carboxylic acid groups (broad SMARTS) is 1. The Labute approximate surface area is 129 Å². The van der Waals surface area contributed by atoms with Gasteiger partial charge in [-0.05, 0) is 48.1 Å². The monoisotopic (exact) mass is 307 g/mol. The van der Waals surface area contributed by atoms with Crippen LogP contribution in [0, 0.1) is 5.41 Å². The number of carbonyl (C=O) groups is 2. The van der Waals surface area contributed by atoms with Crippen molar-refractivity contribution in [3.8, 4) is 0 Å². The topological polar surface area (TPSA) is 57.6 Å². The molecule has 1 aliphatic rings. The van der Waals surface area contributed by atoms with Gasteiger partial charge < -0.3 is 10.0 Å². The summed E-state index contributed by atoms with van der Waals surface area (Å²) in [6.45, 7) is 4.62. The van der Waals surface area contributed by atoms with Gasteiger partial charge in [0.15, 0.2) is 0 Å². The van der Waals surface area contributed by atoms with Crippen molar-refractivity contribution in [3.63, 3.8) is 0 Å². The second-order valence-electron chi connectivity index (χ2n) is 5.63. The van der Waals surface area contributed by atoms with Gasteiger partial charge in [-0.25, -0.2) is 0 Å². The molecule has 114 valence electrons. The van der Waals surface area contributed by atoms with Gasteiger partial charge in [-0.2, -0.15) is 11.3 Å². The van der Waals surface area contributed by atoms with Gasteiger partial charge in [0.1, 0.15) is 0 Å². The predicted octanol–water partition coefficient (Wildman–Crippen LogP) is 2.95. The Balaban J connectivity index is 1.97. The molecule has 0 unspecified atom stereocenters. The quantitative estimate of drug-likeness (QED) is 0.822. The fraction of sp³-hybridized carbons (Fsp3) is 0.500. The second-order valence-corrected chi connectivity index (χ2v) is 6.41. The number of allylic oxidation sites excluding steroid dienone is 1. The first kappa shape index (κ1) is 15.8. The van der Waals surface area contributed by atoms with E-state index in [9.17, 15) is 14.7 Å². The highest BCUT2D eigenvalue weighted by molar-refractivity contribution is 7.07. The fourth-order valence-electron chi connectivity index (χ4n) is 2.89. The third kappa shape index (κ3) is 3.73. The summed E-state index contributed by atoms with van der Waals surface area (Å²) in [5.74, 6) is -0.770. The maximum absolute atomic E-state index is 12.3. The molecule has 0 aromatic carbocycles. The zero-order valence-corrected chi connectivity index (χ0v) is 12.9. The highest BCUT2D eigenvalue weighted by atomic mass is 32.1. The average Bonchev–Trinajstić information content (AvgIpc) is 2.98. The van der Waals surface area contributed by atoms with E-state index in [1.54, 1.807) is 22.3 Å². The second kappa shape index (κ2) is 6.89. The van der Waals surface area contributed by atoms with Crippen molar-refractivity contribution in [3.05, 3.63) is 35.0 Å². The Morgan fingerprint density at radius 3 is 2.95 bits per heavy atom. The van der Waals surface area contributed by atoms with E-state index in [0.717, 1.165) is 12.8 Å². The molecule has 1 aliphatic heterocycles. The Morgan fingerprint density at radius 1 is 1.52 bits per heavy atom. The number of hydrogen-bond acceptors (Lipinski definition) is 3. The summed E-state index contributed by atoms with van der Waals surface area (Å²) in [5, 5.41) is 13.6. The molecule has 0 saturated carbocycles. The van der Waals surface area contributed by atoms with Crippen LogP contribution < -0.4 is 0 Å². The normalized spacial score (nSPS) is 22.0. The van der Waals surface area contributed by atoms with Gasteiger partial charge in [-0.15, -0.1) is 6.58 Å². The highest BCUT2D eigenvalue weighted by Gasteiger charge is 2.42. The lowest BCUT2D eigenvalue weighted by Crippen LogP contribution is -2.49. The Morgan fingerprint density at radius 2 is 2.33 bits per heavy atom. The van der Waals surface area contributed by atoms with Crippen molar-refractivity contribution in [1.29, 1.82) is 0 Å². The van der Waals surface area contributed by atoms with E-state index in [1.165, 1.54) is 5.56 Å². The summed E-state index contributed by atoms with van der Waals surface area (Å²) in [5.41, 5.74) is 0.318. The van der Waals surface area contributed by atoms with Crippen LogP contribution in [0.2, 0.25) is 0 Å². The molecular formula is C16H21NO3S. The predicted molar refractivity (Wildman–Crippen MR) is 83.3 cm³/mol. The van der Waals surface area contributed by atoms with Crippen molar-refractivity contribution in [2.75, 3.05) is 13.1 Å². The molecule has 1 atom stereocenters. The highest BCUT2D eigenvalue weighted by Crippen LogP contribution is 2.34. The van der Waals surface area contributed by atoms with E-state index in [1.807, 2.05) is 16.8 Å². The number of nitrogens with zero attached hydrogens (tertiary/aromatic N) is 1. The van der Waals surface area contributed by atoms with Crippen molar-refractivity contribution in [2.24, 2.45) is 5.41 Å². The average molecular weight is 307 g/mol. The molecule has 4 nitrogen and oxygen atoms in total. The minimum Gasteiger partial charge on any atom is -0.481 e.